The lowest BCUT2D eigenvalue weighted by molar-refractivity contribution is -0.122. The molecule has 0 aliphatic carbocycles. The highest BCUT2D eigenvalue weighted by Crippen LogP contribution is 2.22. The number of hydrogen-bond donors (Lipinski definition) is 2. The molecular formula is C12H14FNO3. The molecule has 4 nitrogen and oxygen atoms in total. The molecule has 0 aliphatic rings. The van der Waals surface area contributed by atoms with Crippen molar-refractivity contribution in [2.24, 2.45) is 0 Å². The average molecular weight is 239 g/mol. The number of ether oxygens (including phenoxy) is 1. The largest absolute Gasteiger partial charge is 0.480 e. The molecule has 0 bridgehead atoms. The molecule has 0 aliphatic heterocycles. The summed E-state index contributed by atoms with van der Waals surface area (Å²) in [6, 6.07) is 4.20. The zero-order valence-corrected chi connectivity index (χ0v) is 9.28. The van der Waals surface area contributed by atoms with E-state index in [2.05, 4.69) is 11.9 Å². The third kappa shape index (κ3) is 3.88. The van der Waals surface area contributed by atoms with Gasteiger partial charge in [0, 0.05) is 12.1 Å². The maximum atomic E-state index is 13.4. The van der Waals surface area contributed by atoms with Gasteiger partial charge in [-0.1, -0.05) is 18.2 Å². The van der Waals surface area contributed by atoms with Crippen LogP contribution in [-0.2, 0) is 11.4 Å². The van der Waals surface area contributed by atoms with Crippen molar-refractivity contribution in [2.45, 2.75) is 6.61 Å². The van der Waals surface area contributed by atoms with E-state index in [1.165, 1.54) is 24.3 Å². The van der Waals surface area contributed by atoms with Crippen molar-refractivity contribution >= 4 is 5.91 Å². The summed E-state index contributed by atoms with van der Waals surface area (Å²) in [5.74, 6) is -1.08. The number of rotatable bonds is 6. The predicted octanol–water partition coefficient (Wildman–Crippen LogP) is 0.999. The Labute approximate surface area is 98.7 Å². The molecule has 0 atom stereocenters. The smallest absolute Gasteiger partial charge is 0.258 e. The van der Waals surface area contributed by atoms with Gasteiger partial charge in [-0.05, 0) is 6.07 Å². The van der Waals surface area contributed by atoms with E-state index in [1.807, 2.05) is 0 Å². The van der Waals surface area contributed by atoms with Crippen LogP contribution in [0.1, 0.15) is 5.56 Å². The summed E-state index contributed by atoms with van der Waals surface area (Å²) in [5.41, 5.74) is 0.307. The Morgan fingerprint density at radius 1 is 1.59 bits per heavy atom. The van der Waals surface area contributed by atoms with Crippen molar-refractivity contribution in [2.75, 3.05) is 13.2 Å². The van der Waals surface area contributed by atoms with Gasteiger partial charge in [0.05, 0.1) is 6.61 Å². The molecule has 1 aromatic rings. The predicted molar refractivity (Wildman–Crippen MR) is 61.0 cm³/mol. The first-order valence-electron chi connectivity index (χ1n) is 5.07. The Kier molecular flexibility index (Phi) is 5.16. The van der Waals surface area contributed by atoms with Gasteiger partial charge in [-0.25, -0.2) is 4.39 Å². The number of nitrogens with one attached hydrogen (secondary N) is 1. The molecule has 0 saturated carbocycles. The molecule has 5 heteroatoms. The summed E-state index contributed by atoms with van der Waals surface area (Å²) in [6.07, 6.45) is 1.53. The van der Waals surface area contributed by atoms with E-state index in [0.29, 0.717) is 12.1 Å². The molecule has 2 N–H and O–H groups in total. The highest BCUT2D eigenvalue weighted by Gasteiger charge is 2.10. The Balaban J connectivity index is 2.62. The molecule has 0 heterocycles. The lowest BCUT2D eigenvalue weighted by Gasteiger charge is -2.10. The molecule has 1 amide bonds. The van der Waals surface area contributed by atoms with Crippen LogP contribution in [-0.4, -0.2) is 24.2 Å². The highest BCUT2D eigenvalue weighted by molar-refractivity contribution is 5.77. The molecule has 0 aromatic heterocycles. The maximum absolute atomic E-state index is 13.4. The number of hydrogen-bond acceptors (Lipinski definition) is 3. The minimum Gasteiger partial charge on any atom is -0.480 e. The zero-order chi connectivity index (χ0) is 12.7. The standard InChI is InChI=1S/C12H14FNO3/c1-2-6-14-11(16)8-17-12-9(7-15)4-3-5-10(12)13/h2-5,15H,1,6-8H2,(H,14,16). The highest BCUT2D eigenvalue weighted by atomic mass is 19.1. The van der Waals surface area contributed by atoms with E-state index in [-0.39, 0.29) is 24.9 Å². The first-order valence-corrected chi connectivity index (χ1v) is 5.07. The Hall–Kier alpha value is -1.88. The van der Waals surface area contributed by atoms with Gasteiger partial charge in [0.15, 0.2) is 18.2 Å². The monoisotopic (exact) mass is 239 g/mol. The number of aliphatic hydroxyl groups is 1. The first kappa shape index (κ1) is 13.2. The van der Waals surface area contributed by atoms with Crippen LogP contribution in [0.2, 0.25) is 0 Å². The minimum atomic E-state index is -0.604. The van der Waals surface area contributed by atoms with Crippen molar-refractivity contribution in [1.29, 1.82) is 0 Å². The van der Waals surface area contributed by atoms with Crippen LogP contribution in [0.25, 0.3) is 0 Å². The molecule has 0 radical (unpaired) electrons. The van der Waals surface area contributed by atoms with E-state index in [1.54, 1.807) is 0 Å². The van der Waals surface area contributed by atoms with Gasteiger partial charge in [0.25, 0.3) is 5.91 Å². The SMILES string of the molecule is C=CCNC(=O)COc1c(F)cccc1CO. The van der Waals surface area contributed by atoms with E-state index in [0.717, 1.165) is 0 Å². The molecule has 17 heavy (non-hydrogen) atoms. The fourth-order valence-electron chi connectivity index (χ4n) is 1.21. The number of amides is 1. The second-order valence-electron chi connectivity index (χ2n) is 3.27. The minimum absolute atomic E-state index is 0.0937. The van der Waals surface area contributed by atoms with Crippen molar-refractivity contribution in [3.8, 4) is 5.75 Å². The lowest BCUT2D eigenvalue weighted by Crippen LogP contribution is -2.29. The van der Waals surface area contributed by atoms with E-state index >= 15 is 0 Å². The molecule has 0 unspecified atom stereocenters. The summed E-state index contributed by atoms with van der Waals surface area (Å²) in [6.45, 7) is 3.12. The average Bonchev–Trinajstić information content (AvgIpc) is 2.34. The maximum Gasteiger partial charge on any atom is 0.258 e. The van der Waals surface area contributed by atoms with Crippen LogP contribution in [0.5, 0.6) is 5.75 Å². The third-order valence-corrected chi connectivity index (χ3v) is 2.01. The summed E-state index contributed by atoms with van der Waals surface area (Å²) in [5, 5.41) is 11.5. The topological polar surface area (TPSA) is 58.6 Å². The third-order valence-electron chi connectivity index (χ3n) is 2.01. The summed E-state index contributed by atoms with van der Waals surface area (Å²) in [7, 11) is 0. The van der Waals surface area contributed by atoms with Crippen molar-refractivity contribution < 1.29 is 19.0 Å². The molecule has 1 rings (SSSR count). The molecule has 0 spiro atoms. The zero-order valence-electron chi connectivity index (χ0n) is 9.28. The van der Waals surface area contributed by atoms with Gasteiger partial charge in [-0.2, -0.15) is 0 Å². The van der Waals surface area contributed by atoms with Crippen LogP contribution in [0.4, 0.5) is 4.39 Å². The molecule has 92 valence electrons. The van der Waals surface area contributed by atoms with Crippen molar-refractivity contribution in [3.05, 3.63) is 42.2 Å². The van der Waals surface area contributed by atoms with Gasteiger partial charge in [0.1, 0.15) is 0 Å². The lowest BCUT2D eigenvalue weighted by atomic mass is 10.2. The van der Waals surface area contributed by atoms with Crippen LogP contribution in [0.3, 0.4) is 0 Å². The van der Waals surface area contributed by atoms with Gasteiger partial charge in [-0.3, -0.25) is 4.79 Å². The Morgan fingerprint density at radius 3 is 3.00 bits per heavy atom. The number of aliphatic hydroxyl groups excluding tert-OH is 1. The Morgan fingerprint density at radius 2 is 2.35 bits per heavy atom. The van der Waals surface area contributed by atoms with Crippen LogP contribution < -0.4 is 10.1 Å². The van der Waals surface area contributed by atoms with Crippen LogP contribution >= 0.6 is 0 Å². The fraction of sp³-hybridized carbons (Fsp3) is 0.250. The second kappa shape index (κ2) is 6.65. The van der Waals surface area contributed by atoms with E-state index in [4.69, 9.17) is 9.84 Å². The van der Waals surface area contributed by atoms with Gasteiger partial charge in [-0.15, -0.1) is 6.58 Å². The van der Waals surface area contributed by atoms with E-state index in [9.17, 15) is 9.18 Å². The van der Waals surface area contributed by atoms with Crippen molar-refractivity contribution in [3.63, 3.8) is 0 Å². The number of para-hydroxylation sites is 1. The van der Waals surface area contributed by atoms with E-state index < -0.39 is 5.82 Å². The van der Waals surface area contributed by atoms with Crippen LogP contribution in [0.15, 0.2) is 30.9 Å². The summed E-state index contributed by atoms with van der Waals surface area (Å²) >= 11 is 0. The molecular weight excluding hydrogens is 225 g/mol. The second-order valence-corrected chi connectivity index (χ2v) is 3.27. The fourth-order valence-corrected chi connectivity index (χ4v) is 1.21. The Bertz CT molecular complexity index is 407. The van der Waals surface area contributed by atoms with Gasteiger partial charge >= 0.3 is 0 Å². The molecule has 1 aromatic carbocycles. The number of benzene rings is 1. The quantitative estimate of drug-likeness (QED) is 0.728. The van der Waals surface area contributed by atoms with Gasteiger partial charge in [0.2, 0.25) is 0 Å². The van der Waals surface area contributed by atoms with Crippen molar-refractivity contribution in [1.82, 2.24) is 5.32 Å². The number of halogens is 1. The van der Waals surface area contributed by atoms with Gasteiger partial charge < -0.3 is 15.2 Å². The number of carbonyl (C=O) groups is 1. The summed E-state index contributed by atoms with van der Waals surface area (Å²) in [4.78, 5) is 11.2. The molecule has 0 saturated heterocycles. The van der Waals surface area contributed by atoms with Crippen LogP contribution in [0, 0.1) is 5.82 Å². The number of carbonyl (C=O) groups excluding carboxylic acids is 1. The normalized spacial score (nSPS) is 9.76. The molecule has 0 fully saturated rings. The summed E-state index contributed by atoms with van der Waals surface area (Å²) < 4.78 is 18.4. The first-order chi connectivity index (χ1) is 8.19.